The first kappa shape index (κ1) is 37.7. The number of nitrogens with zero attached hydrogens (tertiary/aromatic N) is 2. The third-order valence-corrected chi connectivity index (χ3v) is 18.3. The molecule has 0 aromatic heterocycles. The van der Waals surface area contributed by atoms with Crippen molar-refractivity contribution in [1.29, 1.82) is 0 Å². The van der Waals surface area contributed by atoms with Crippen LogP contribution in [0.4, 0.5) is 34.1 Å². The molecule has 0 saturated heterocycles. The lowest BCUT2D eigenvalue weighted by Crippen LogP contribution is -2.88. The summed E-state index contributed by atoms with van der Waals surface area (Å²) in [4.78, 5) is 5.26. The monoisotopic (exact) mass is 782 g/mol. The van der Waals surface area contributed by atoms with E-state index in [1.54, 1.807) is 0 Å². The molecule has 0 fully saturated rings. The SMILES string of the molecule is Cc1cc2c3c(c1)N(c1cc(C(C)(C)C)cc(C(C)(C)C)c1)c1cccc4c1B3c1c(cccc1[Si]4(c1ccccc1)c1ccccc1)N2c1ccc(C(C)(C)C)cc1. The highest BCUT2D eigenvalue weighted by Gasteiger charge is 2.56. The van der Waals surface area contributed by atoms with Crippen LogP contribution in [0, 0.1) is 6.92 Å². The Balaban J connectivity index is 1.39. The number of rotatable bonds is 4. The van der Waals surface area contributed by atoms with E-state index < -0.39 is 8.07 Å². The highest BCUT2D eigenvalue weighted by molar-refractivity contribution is 7.27. The van der Waals surface area contributed by atoms with Crippen molar-refractivity contribution >= 4 is 86.0 Å². The largest absolute Gasteiger partial charge is 0.311 e. The maximum atomic E-state index is 2.65. The van der Waals surface area contributed by atoms with Gasteiger partial charge in [0.2, 0.25) is 0 Å². The van der Waals surface area contributed by atoms with Crippen molar-refractivity contribution in [2.45, 2.75) is 85.5 Å². The van der Waals surface area contributed by atoms with Crippen molar-refractivity contribution in [2.24, 2.45) is 0 Å². The van der Waals surface area contributed by atoms with E-state index in [4.69, 9.17) is 0 Å². The highest BCUT2D eigenvalue weighted by atomic mass is 28.3. The van der Waals surface area contributed by atoms with Crippen LogP contribution in [0.3, 0.4) is 0 Å². The minimum Gasteiger partial charge on any atom is -0.311 e. The summed E-state index contributed by atoms with van der Waals surface area (Å²) in [5, 5.41) is 5.83. The van der Waals surface area contributed by atoms with E-state index in [1.165, 1.54) is 93.5 Å². The molecule has 292 valence electrons. The molecule has 0 radical (unpaired) electrons. The summed E-state index contributed by atoms with van der Waals surface area (Å²) in [5.74, 6) is 0. The molecule has 0 N–H and O–H groups in total. The fourth-order valence-corrected chi connectivity index (χ4v) is 15.8. The molecule has 3 aliphatic rings. The van der Waals surface area contributed by atoms with Crippen molar-refractivity contribution in [1.82, 2.24) is 0 Å². The van der Waals surface area contributed by atoms with E-state index in [2.05, 4.69) is 231 Å². The molecule has 7 aromatic carbocycles. The van der Waals surface area contributed by atoms with Gasteiger partial charge in [0.1, 0.15) is 0 Å². The van der Waals surface area contributed by atoms with Gasteiger partial charge >= 0.3 is 0 Å². The summed E-state index contributed by atoms with van der Waals surface area (Å²) in [7, 11) is -2.90. The standard InChI is InChI=1S/C55H55BN2Si/c1-36-31-46-50-47(32-36)58(41-34-38(54(5,6)7)33-39(35-41)55(8,9)10)45-24-18-26-49-52(45)56(50)51-44(57(46)40-29-27-37(28-30-40)53(2,3)4)23-17-25-48(51)59(49,42-19-13-11-14-20-42)43-21-15-12-16-22-43/h11-35H,1-10H3. The van der Waals surface area contributed by atoms with Crippen LogP contribution in [-0.4, -0.2) is 14.8 Å². The topological polar surface area (TPSA) is 6.48 Å². The molecular formula is C55H55BN2Si. The third-order valence-electron chi connectivity index (χ3n) is 13.4. The zero-order valence-electron chi connectivity index (χ0n) is 36.4. The van der Waals surface area contributed by atoms with E-state index in [-0.39, 0.29) is 23.0 Å². The lowest BCUT2D eigenvalue weighted by atomic mass is 9.33. The predicted octanol–water partition coefficient (Wildman–Crippen LogP) is 9.66. The molecule has 0 saturated carbocycles. The Labute approximate surface area is 353 Å². The Morgan fingerprint density at radius 3 is 1.27 bits per heavy atom. The van der Waals surface area contributed by atoms with Gasteiger partial charge in [-0.3, -0.25) is 0 Å². The molecule has 3 heterocycles. The van der Waals surface area contributed by atoms with Crippen molar-refractivity contribution in [3.05, 3.63) is 174 Å². The first-order valence-corrected chi connectivity index (χ1v) is 23.5. The van der Waals surface area contributed by atoms with E-state index in [1.807, 2.05) is 0 Å². The molecule has 59 heavy (non-hydrogen) atoms. The molecule has 0 bridgehead atoms. The minimum absolute atomic E-state index is 0.0248. The van der Waals surface area contributed by atoms with Gasteiger partial charge in [-0.15, -0.1) is 0 Å². The fourth-order valence-electron chi connectivity index (χ4n) is 10.5. The number of benzene rings is 7. The molecule has 0 aliphatic carbocycles. The summed E-state index contributed by atoms with van der Waals surface area (Å²) < 4.78 is 0. The Morgan fingerprint density at radius 2 is 0.831 bits per heavy atom. The van der Waals surface area contributed by atoms with Gasteiger partial charge in [-0.05, 0) is 131 Å². The molecule has 0 amide bonds. The van der Waals surface area contributed by atoms with Gasteiger partial charge in [0, 0.05) is 34.1 Å². The zero-order valence-corrected chi connectivity index (χ0v) is 37.4. The Morgan fingerprint density at radius 1 is 0.390 bits per heavy atom. The highest BCUT2D eigenvalue weighted by Crippen LogP contribution is 2.46. The van der Waals surface area contributed by atoms with Gasteiger partial charge in [0.15, 0.2) is 8.07 Å². The second-order valence-corrected chi connectivity index (χ2v) is 24.1. The Bertz CT molecular complexity index is 2710. The average Bonchev–Trinajstić information content (AvgIpc) is 3.20. The fraction of sp³-hybridized carbons (Fsp3) is 0.236. The minimum atomic E-state index is -2.90. The molecule has 0 spiro atoms. The van der Waals surface area contributed by atoms with Gasteiger partial charge < -0.3 is 9.80 Å². The maximum Gasteiger partial charge on any atom is 0.251 e. The van der Waals surface area contributed by atoms with Crippen LogP contribution >= 0.6 is 0 Å². The van der Waals surface area contributed by atoms with E-state index in [9.17, 15) is 0 Å². The van der Waals surface area contributed by atoms with Crippen LogP contribution in [-0.2, 0) is 16.2 Å². The molecule has 3 aliphatic heterocycles. The first-order chi connectivity index (χ1) is 28.1. The third kappa shape index (κ3) is 5.59. The van der Waals surface area contributed by atoms with Crippen LogP contribution < -0.4 is 46.9 Å². The molecule has 4 heteroatoms. The van der Waals surface area contributed by atoms with Gasteiger partial charge in [-0.25, -0.2) is 0 Å². The number of hydrogen-bond acceptors (Lipinski definition) is 2. The van der Waals surface area contributed by atoms with Crippen molar-refractivity contribution < 1.29 is 0 Å². The summed E-state index contributed by atoms with van der Waals surface area (Å²) in [6.07, 6.45) is 0. The van der Waals surface area contributed by atoms with Gasteiger partial charge in [-0.2, -0.15) is 0 Å². The number of hydrogen-bond donors (Lipinski definition) is 0. The van der Waals surface area contributed by atoms with Gasteiger partial charge in [-0.1, -0.05) is 165 Å². The predicted molar refractivity (Wildman–Crippen MR) is 258 cm³/mol. The molecule has 0 atom stereocenters. The summed E-state index contributed by atoms with van der Waals surface area (Å²) >= 11 is 0. The van der Waals surface area contributed by atoms with Crippen LogP contribution in [0.2, 0.25) is 0 Å². The summed E-state index contributed by atoms with van der Waals surface area (Å²) in [6, 6.07) is 59.3. The first-order valence-electron chi connectivity index (χ1n) is 21.5. The zero-order chi connectivity index (χ0) is 41.2. The van der Waals surface area contributed by atoms with Crippen molar-refractivity contribution in [2.75, 3.05) is 9.80 Å². The van der Waals surface area contributed by atoms with Crippen LogP contribution in [0.1, 0.15) is 84.6 Å². The lowest BCUT2D eigenvalue weighted by Gasteiger charge is -2.51. The second-order valence-electron chi connectivity index (χ2n) is 20.3. The molecule has 10 rings (SSSR count). The Kier molecular flexibility index (Phi) is 8.28. The molecule has 2 nitrogen and oxygen atoms in total. The molecule has 7 aromatic rings. The van der Waals surface area contributed by atoms with E-state index in [0.29, 0.717) is 0 Å². The lowest BCUT2D eigenvalue weighted by molar-refractivity contribution is 0.569. The van der Waals surface area contributed by atoms with Crippen LogP contribution in [0.5, 0.6) is 0 Å². The second kappa shape index (κ2) is 13.0. The quantitative estimate of drug-likeness (QED) is 0.164. The summed E-state index contributed by atoms with van der Waals surface area (Å²) in [6.45, 7) is 23.4. The molecular weight excluding hydrogens is 728 g/mol. The van der Waals surface area contributed by atoms with Crippen molar-refractivity contribution in [3.8, 4) is 0 Å². The average molecular weight is 783 g/mol. The maximum absolute atomic E-state index is 2.90. The van der Waals surface area contributed by atoms with Gasteiger partial charge in [0.25, 0.3) is 6.71 Å². The van der Waals surface area contributed by atoms with Crippen LogP contribution in [0.15, 0.2) is 152 Å². The van der Waals surface area contributed by atoms with E-state index in [0.717, 1.165) is 0 Å². The number of anilines is 6. The normalized spacial score (nSPS) is 15.0. The van der Waals surface area contributed by atoms with Crippen molar-refractivity contribution in [3.63, 3.8) is 0 Å². The van der Waals surface area contributed by atoms with Crippen LogP contribution in [0.25, 0.3) is 0 Å². The smallest absolute Gasteiger partial charge is 0.251 e. The van der Waals surface area contributed by atoms with Gasteiger partial charge in [0.05, 0.1) is 0 Å². The summed E-state index contributed by atoms with van der Waals surface area (Å²) in [5.41, 5.74) is 17.2. The Hall–Kier alpha value is -5.58. The number of aryl methyl sites for hydroxylation is 1. The molecule has 0 unspecified atom stereocenters. The van der Waals surface area contributed by atoms with E-state index >= 15 is 0 Å².